The molecule has 3 saturated carbocycles. The summed E-state index contributed by atoms with van der Waals surface area (Å²) in [7, 11) is 0. The van der Waals surface area contributed by atoms with Crippen molar-refractivity contribution in [2.75, 3.05) is 5.32 Å². The molecule has 5 atom stereocenters. The van der Waals surface area contributed by atoms with Crippen molar-refractivity contribution in [1.29, 1.82) is 0 Å². The van der Waals surface area contributed by atoms with Gasteiger partial charge in [0.15, 0.2) is 0 Å². The number of halogens is 2. The van der Waals surface area contributed by atoms with E-state index in [2.05, 4.69) is 5.32 Å². The van der Waals surface area contributed by atoms with Crippen molar-refractivity contribution in [2.24, 2.45) is 29.6 Å². The van der Waals surface area contributed by atoms with Crippen LogP contribution in [0.1, 0.15) is 32.1 Å². The third-order valence-electron chi connectivity index (χ3n) is 5.89. The van der Waals surface area contributed by atoms with Gasteiger partial charge in [0.05, 0.1) is 10.7 Å². The molecular formula is C17H19Cl2NO. The molecule has 1 amide bonds. The maximum atomic E-state index is 12.7. The van der Waals surface area contributed by atoms with Crippen molar-refractivity contribution in [3.05, 3.63) is 28.2 Å². The summed E-state index contributed by atoms with van der Waals surface area (Å²) < 4.78 is 0. The first kappa shape index (κ1) is 13.9. The summed E-state index contributed by atoms with van der Waals surface area (Å²) in [6.45, 7) is 0. The Hall–Kier alpha value is -0.730. The van der Waals surface area contributed by atoms with Crippen LogP contribution in [0.25, 0.3) is 0 Å². The first-order valence-electron chi connectivity index (χ1n) is 7.87. The van der Waals surface area contributed by atoms with Crippen molar-refractivity contribution < 1.29 is 4.79 Å². The quantitative estimate of drug-likeness (QED) is 0.814. The molecule has 2 nitrogen and oxygen atoms in total. The van der Waals surface area contributed by atoms with E-state index in [0.717, 1.165) is 24.2 Å². The molecule has 0 saturated heterocycles. The van der Waals surface area contributed by atoms with Crippen LogP contribution >= 0.6 is 23.2 Å². The van der Waals surface area contributed by atoms with Crippen molar-refractivity contribution in [1.82, 2.24) is 0 Å². The number of carbonyl (C=O) groups is 1. The Morgan fingerprint density at radius 2 is 1.95 bits per heavy atom. The van der Waals surface area contributed by atoms with E-state index in [9.17, 15) is 4.79 Å². The van der Waals surface area contributed by atoms with Crippen molar-refractivity contribution in [3.8, 4) is 0 Å². The molecule has 3 aliphatic carbocycles. The van der Waals surface area contributed by atoms with Gasteiger partial charge in [-0.3, -0.25) is 4.79 Å². The third kappa shape index (κ3) is 2.37. The second-order valence-corrected chi connectivity index (χ2v) is 7.80. The highest BCUT2D eigenvalue weighted by Gasteiger charge is 2.52. The zero-order valence-electron chi connectivity index (χ0n) is 11.8. The Balaban J connectivity index is 1.54. The summed E-state index contributed by atoms with van der Waals surface area (Å²) in [6, 6.07) is 5.20. The normalized spacial score (nSPS) is 36.8. The van der Waals surface area contributed by atoms with E-state index in [-0.39, 0.29) is 11.8 Å². The zero-order valence-corrected chi connectivity index (χ0v) is 13.3. The number of hydrogen-bond acceptors (Lipinski definition) is 1. The van der Waals surface area contributed by atoms with E-state index in [1.165, 1.54) is 25.7 Å². The van der Waals surface area contributed by atoms with Gasteiger partial charge in [0.25, 0.3) is 0 Å². The van der Waals surface area contributed by atoms with Crippen LogP contribution in [0.4, 0.5) is 5.69 Å². The lowest BCUT2D eigenvalue weighted by Gasteiger charge is -2.33. The van der Waals surface area contributed by atoms with E-state index >= 15 is 0 Å². The van der Waals surface area contributed by atoms with Gasteiger partial charge < -0.3 is 5.32 Å². The second-order valence-electron chi connectivity index (χ2n) is 6.96. The molecule has 2 bridgehead atoms. The van der Waals surface area contributed by atoms with Crippen molar-refractivity contribution >= 4 is 34.8 Å². The second kappa shape index (κ2) is 5.17. The van der Waals surface area contributed by atoms with Crippen LogP contribution < -0.4 is 5.32 Å². The van der Waals surface area contributed by atoms with Gasteiger partial charge in [-0.2, -0.15) is 0 Å². The fourth-order valence-electron chi connectivity index (χ4n) is 5.10. The molecule has 112 valence electrons. The molecule has 1 aromatic carbocycles. The van der Waals surface area contributed by atoms with Crippen LogP contribution in [0, 0.1) is 29.6 Å². The Labute approximate surface area is 135 Å². The first-order valence-corrected chi connectivity index (χ1v) is 8.63. The van der Waals surface area contributed by atoms with E-state index in [1.807, 2.05) is 0 Å². The molecule has 0 radical (unpaired) electrons. The number of fused-ring (bicyclic) bond motifs is 1. The molecule has 1 aromatic rings. The molecular weight excluding hydrogens is 305 g/mol. The number of rotatable bonds is 2. The van der Waals surface area contributed by atoms with Gasteiger partial charge in [0, 0.05) is 10.9 Å². The van der Waals surface area contributed by atoms with Gasteiger partial charge in [0.2, 0.25) is 5.91 Å². The number of benzene rings is 1. The Morgan fingerprint density at radius 1 is 1.10 bits per heavy atom. The van der Waals surface area contributed by atoms with E-state index in [0.29, 0.717) is 21.7 Å². The molecule has 0 aliphatic heterocycles. The topological polar surface area (TPSA) is 29.1 Å². The molecule has 0 heterocycles. The first-order chi connectivity index (χ1) is 10.1. The predicted molar refractivity (Wildman–Crippen MR) is 85.6 cm³/mol. The summed E-state index contributed by atoms with van der Waals surface area (Å²) in [4.78, 5) is 12.7. The fourth-order valence-corrected chi connectivity index (χ4v) is 5.44. The number of carbonyl (C=O) groups excluding carboxylic acids is 1. The zero-order chi connectivity index (χ0) is 14.6. The minimum atomic E-state index is 0.140. The minimum absolute atomic E-state index is 0.140. The maximum absolute atomic E-state index is 12.7. The molecule has 21 heavy (non-hydrogen) atoms. The largest absolute Gasteiger partial charge is 0.324 e. The summed E-state index contributed by atoms with van der Waals surface area (Å²) in [5.74, 6) is 3.36. The Morgan fingerprint density at radius 3 is 2.81 bits per heavy atom. The molecule has 4 heteroatoms. The maximum Gasteiger partial charge on any atom is 0.227 e. The standard InChI is InChI=1S/C17H19Cl2NO/c18-11-2-4-15(19)16(8-11)20-17(21)14-7-9-5-10-1-3-12(14)13(10)6-9/h2,4,8-10,12-14H,1,3,5-7H2,(H,20,21)/t9-,10+,12+,13-,14+/m0/s1. The van der Waals surface area contributed by atoms with Gasteiger partial charge in [-0.1, -0.05) is 23.2 Å². The van der Waals surface area contributed by atoms with Gasteiger partial charge in [-0.05, 0) is 74.0 Å². The van der Waals surface area contributed by atoms with Gasteiger partial charge >= 0.3 is 0 Å². The molecule has 0 spiro atoms. The van der Waals surface area contributed by atoms with Crippen LogP contribution in [0.2, 0.25) is 10.0 Å². The van der Waals surface area contributed by atoms with Gasteiger partial charge in [0.1, 0.15) is 0 Å². The smallest absolute Gasteiger partial charge is 0.227 e. The number of amides is 1. The molecule has 4 rings (SSSR count). The van der Waals surface area contributed by atoms with Crippen LogP contribution in [0.15, 0.2) is 18.2 Å². The highest BCUT2D eigenvalue weighted by atomic mass is 35.5. The van der Waals surface area contributed by atoms with Crippen molar-refractivity contribution in [3.63, 3.8) is 0 Å². The number of anilines is 1. The molecule has 3 aliphatic rings. The van der Waals surface area contributed by atoms with Gasteiger partial charge in [-0.25, -0.2) is 0 Å². The average molecular weight is 324 g/mol. The fraction of sp³-hybridized carbons (Fsp3) is 0.588. The van der Waals surface area contributed by atoms with Crippen molar-refractivity contribution in [2.45, 2.75) is 32.1 Å². The van der Waals surface area contributed by atoms with E-state index in [4.69, 9.17) is 23.2 Å². The van der Waals surface area contributed by atoms with Crippen LogP contribution in [-0.2, 0) is 4.79 Å². The highest BCUT2D eigenvalue weighted by Crippen LogP contribution is 2.58. The average Bonchev–Trinajstić information content (AvgIpc) is 2.97. The highest BCUT2D eigenvalue weighted by molar-refractivity contribution is 6.35. The van der Waals surface area contributed by atoms with Gasteiger partial charge in [-0.15, -0.1) is 0 Å². The molecule has 0 unspecified atom stereocenters. The number of nitrogens with one attached hydrogen (secondary N) is 1. The van der Waals surface area contributed by atoms with Crippen LogP contribution in [0.3, 0.4) is 0 Å². The minimum Gasteiger partial charge on any atom is -0.324 e. The lowest BCUT2D eigenvalue weighted by molar-refractivity contribution is -0.123. The molecule has 1 N–H and O–H groups in total. The third-order valence-corrected chi connectivity index (χ3v) is 6.46. The lowest BCUT2D eigenvalue weighted by atomic mass is 9.72. The van der Waals surface area contributed by atoms with Crippen LogP contribution in [0.5, 0.6) is 0 Å². The predicted octanol–water partition coefficient (Wildman–Crippen LogP) is 5.00. The van der Waals surface area contributed by atoms with E-state index in [1.54, 1.807) is 18.2 Å². The lowest BCUT2D eigenvalue weighted by Crippen LogP contribution is -2.35. The molecule has 0 aromatic heterocycles. The Bertz CT molecular complexity index is 586. The summed E-state index contributed by atoms with van der Waals surface area (Å²) in [6.07, 6.45) is 6.32. The monoisotopic (exact) mass is 323 g/mol. The molecule has 3 fully saturated rings. The van der Waals surface area contributed by atoms with Crippen LogP contribution in [-0.4, -0.2) is 5.91 Å². The Kier molecular flexibility index (Phi) is 3.42. The SMILES string of the molecule is O=C(Nc1cc(Cl)ccc1Cl)[C@@H]1C[C@H]2C[C@H]3CC[C@@H]1[C@H]3C2. The summed E-state index contributed by atoms with van der Waals surface area (Å²) >= 11 is 12.1. The summed E-state index contributed by atoms with van der Waals surface area (Å²) in [5, 5.41) is 4.17. The summed E-state index contributed by atoms with van der Waals surface area (Å²) in [5.41, 5.74) is 0.640. The number of hydrogen-bond donors (Lipinski definition) is 1. The van der Waals surface area contributed by atoms with E-state index < -0.39 is 0 Å².